The lowest BCUT2D eigenvalue weighted by Gasteiger charge is -2.26. The minimum Gasteiger partial charge on any atom is -0.497 e. The third kappa shape index (κ3) is 3.05. The molecule has 1 aromatic carbocycles. The highest BCUT2D eigenvalue weighted by Gasteiger charge is 2.17. The zero-order valence-electron chi connectivity index (χ0n) is 10.4. The monoisotopic (exact) mass is 252 g/mol. The molecule has 1 aliphatic heterocycles. The van der Waals surface area contributed by atoms with Gasteiger partial charge in [-0.2, -0.15) is 0 Å². The number of nitrogens with zero attached hydrogens (tertiary/aromatic N) is 1. The average Bonchev–Trinajstić information content (AvgIpc) is 2.39. The van der Waals surface area contributed by atoms with E-state index in [9.17, 15) is 9.18 Å². The predicted molar refractivity (Wildman–Crippen MR) is 66.6 cm³/mol. The lowest BCUT2D eigenvalue weighted by molar-refractivity contribution is 0.0917. The van der Waals surface area contributed by atoms with Crippen molar-refractivity contribution in [2.45, 2.75) is 0 Å². The summed E-state index contributed by atoms with van der Waals surface area (Å²) in [6.07, 6.45) is 0. The fourth-order valence-electron chi connectivity index (χ4n) is 2.01. The molecule has 1 aliphatic rings. The maximum absolute atomic E-state index is 13.7. The summed E-state index contributed by atoms with van der Waals surface area (Å²) in [5.41, 5.74) is 0.134. The molecule has 4 nitrogen and oxygen atoms in total. The third-order valence-corrected chi connectivity index (χ3v) is 3.05. The highest BCUT2D eigenvalue weighted by atomic mass is 19.1. The summed E-state index contributed by atoms with van der Waals surface area (Å²) < 4.78 is 18.6. The summed E-state index contributed by atoms with van der Waals surface area (Å²) >= 11 is 0. The molecule has 1 N–H and O–H groups in total. The van der Waals surface area contributed by atoms with E-state index in [1.54, 1.807) is 6.07 Å². The van der Waals surface area contributed by atoms with Crippen molar-refractivity contribution in [1.29, 1.82) is 0 Å². The van der Waals surface area contributed by atoms with Gasteiger partial charge in [0.15, 0.2) is 5.78 Å². The van der Waals surface area contributed by atoms with Gasteiger partial charge in [-0.3, -0.25) is 9.69 Å². The Morgan fingerprint density at radius 2 is 2.17 bits per heavy atom. The van der Waals surface area contributed by atoms with Crippen LogP contribution in [0, 0.1) is 5.82 Å². The SMILES string of the molecule is COc1ccc(C(=O)CN2CCNCC2)c(F)c1. The van der Waals surface area contributed by atoms with Crippen molar-refractivity contribution < 1.29 is 13.9 Å². The summed E-state index contributed by atoms with van der Waals surface area (Å²) in [6, 6.07) is 4.33. The van der Waals surface area contributed by atoms with Crippen LogP contribution >= 0.6 is 0 Å². The molecule has 0 unspecified atom stereocenters. The fourth-order valence-corrected chi connectivity index (χ4v) is 2.01. The summed E-state index contributed by atoms with van der Waals surface area (Å²) in [7, 11) is 1.47. The predicted octanol–water partition coefficient (Wildman–Crippen LogP) is 0.922. The number of piperazine rings is 1. The van der Waals surface area contributed by atoms with E-state index in [0.717, 1.165) is 26.2 Å². The first-order valence-corrected chi connectivity index (χ1v) is 6.00. The maximum atomic E-state index is 13.7. The van der Waals surface area contributed by atoms with Crippen LogP contribution in [0.15, 0.2) is 18.2 Å². The number of methoxy groups -OCH3 is 1. The molecule has 1 aromatic rings. The van der Waals surface area contributed by atoms with E-state index >= 15 is 0 Å². The normalized spacial score (nSPS) is 16.6. The number of ketones is 1. The molecule has 0 radical (unpaired) electrons. The van der Waals surface area contributed by atoms with Crippen LogP contribution in [0.4, 0.5) is 4.39 Å². The molecular weight excluding hydrogens is 235 g/mol. The van der Waals surface area contributed by atoms with E-state index in [-0.39, 0.29) is 17.9 Å². The van der Waals surface area contributed by atoms with Gasteiger partial charge < -0.3 is 10.1 Å². The Labute approximate surface area is 106 Å². The van der Waals surface area contributed by atoms with Crippen LogP contribution < -0.4 is 10.1 Å². The van der Waals surface area contributed by atoms with Gasteiger partial charge in [-0.25, -0.2) is 4.39 Å². The number of carbonyl (C=O) groups excluding carboxylic acids is 1. The van der Waals surface area contributed by atoms with Crippen LogP contribution in [0.25, 0.3) is 0 Å². The van der Waals surface area contributed by atoms with Gasteiger partial charge in [-0.1, -0.05) is 0 Å². The highest BCUT2D eigenvalue weighted by molar-refractivity contribution is 5.98. The van der Waals surface area contributed by atoms with Gasteiger partial charge in [0.25, 0.3) is 0 Å². The molecule has 0 amide bonds. The molecule has 2 rings (SSSR count). The van der Waals surface area contributed by atoms with E-state index in [1.807, 2.05) is 4.90 Å². The topological polar surface area (TPSA) is 41.6 Å². The van der Waals surface area contributed by atoms with Crippen molar-refractivity contribution in [3.63, 3.8) is 0 Å². The Hall–Kier alpha value is -1.46. The van der Waals surface area contributed by atoms with E-state index < -0.39 is 5.82 Å². The zero-order valence-corrected chi connectivity index (χ0v) is 10.4. The van der Waals surface area contributed by atoms with Gasteiger partial charge in [0.1, 0.15) is 11.6 Å². The molecule has 1 heterocycles. The Morgan fingerprint density at radius 3 is 2.78 bits per heavy atom. The summed E-state index contributed by atoms with van der Waals surface area (Å²) in [4.78, 5) is 14.0. The molecule has 18 heavy (non-hydrogen) atoms. The van der Waals surface area contributed by atoms with E-state index in [2.05, 4.69) is 5.32 Å². The second-order valence-corrected chi connectivity index (χ2v) is 4.30. The lowest BCUT2D eigenvalue weighted by Crippen LogP contribution is -2.45. The molecular formula is C13H17FN2O2. The Bertz CT molecular complexity index is 431. The van der Waals surface area contributed by atoms with Crippen LogP contribution in [0.3, 0.4) is 0 Å². The Morgan fingerprint density at radius 1 is 1.44 bits per heavy atom. The largest absolute Gasteiger partial charge is 0.497 e. The van der Waals surface area contributed by atoms with E-state index in [1.165, 1.54) is 19.2 Å². The van der Waals surface area contributed by atoms with Crippen molar-refractivity contribution in [1.82, 2.24) is 10.2 Å². The number of halogens is 1. The standard InChI is InChI=1S/C13H17FN2O2/c1-18-10-2-3-11(12(14)8-10)13(17)9-16-6-4-15-5-7-16/h2-3,8,15H,4-7,9H2,1H3. The van der Waals surface area contributed by atoms with Gasteiger partial charge in [0.05, 0.1) is 19.2 Å². The molecule has 0 saturated carbocycles. The molecule has 0 aliphatic carbocycles. The Balaban J connectivity index is 2.03. The number of carbonyl (C=O) groups is 1. The number of benzene rings is 1. The van der Waals surface area contributed by atoms with Gasteiger partial charge in [-0.15, -0.1) is 0 Å². The number of hydrogen-bond acceptors (Lipinski definition) is 4. The van der Waals surface area contributed by atoms with Gasteiger partial charge >= 0.3 is 0 Å². The summed E-state index contributed by atoms with van der Waals surface area (Å²) in [6.45, 7) is 3.66. The molecule has 1 saturated heterocycles. The number of hydrogen-bond donors (Lipinski definition) is 1. The van der Waals surface area contributed by atoms with Crippen LogP contribution in [0.5, 0.6) is 5.75 Å². The molecule has 0 spiro atoms. The zero-order chi connectivity index (χ0) is 13.0. The fraction of sp³-hybridized carbons (Fsp3) is 0.462. The second-order valence-electron chi connectivity index (χ2n) is 4.30. The van der Waals surface area contributed by atoms with Crippen LogP contribution in [-0.4, -0.2) is 50.5 Å². The van der Waals surface area contributed by atoms with E-state index in [0.29, 0.717) is 5.75 Å². The second kappa shape index (κ2) is 5.93. The first kappa shape index (κ1) is 13.0. The molecule has 0 atom stereocenters. The van der Waals surface area contributed by atoms with Crippen LogP contribution in [-0.2, 0) is 0 Å². The summed E-state index contributed by atoms with van der Waals surface area (Å²) in [5.74, 6) is -0.280. The highest BCUT2D eigenvalue weighted by Crippen LogP contribution is 2.17. The molecule has 98 valence electrons. The number of ether oxygens (including phenoxy) is 1. The van der Waals surface area contributed by atoms with Gasteiger partial charge in [0, 0.05) is 32.2 Å². The quantitative estimate of drug-likeness (QED) is 0.809. The minimum absolute atomic E-state index is 0.134. The number of Topliss-reactive ketones (excluding diaryl/α,β-unsaturated/α-hetero) is 1. The Kier molecular flexibility index (Phi) is 4.28. The molecule has 0 bridgehead atoms. The number of rotatable bonds is 4. The average molecular weight is 252 g/mol. The third-order valence-electron chi connectivity index (χ3n) is 3.05. The molecule has 0 aromatic heterocycles. The van der Waals surface area contributed by atoms with Crippen LogP contribution in [0.2, 0.25) is 0 Å². The lowest BCUT2D eigenvalue weighted by atomic mass is 10.1. The number of nitrogens with one attached hydrogen (secondary N) is 1. The molecule has 5 heteroatoms. The molecule has 1 fully saturated rings. The smallest absolute Gasteiger partial charge is 0.179 e. The first-order chi connectivity index (χ1) is 8.70. The van der Waals surface area contributed by atoms with Crippen molar-refractivity contribution >= 4 is 5.78 Å². The van der Waals surface area contributed by atoms with E-state index in [4.69, 9.17) is 4.74 Å². The van der Waals surface area contributed by atoms with Gasteiger partial charge in [-0.05, 0) is 12.1 Å². The maximum Gasteiger partial charge on any atom is 0.179 e. The first-order valence-electron chi connectivity index (χ1n) is 6.00. The van der Waals surface area contributed by atoms with Crippen LogP contribution in [0.1, 0.15) is 10.4 Å². The van der Waals surface area contributed by atoms with Gasteiger partial charge in [0.2, 0.25) is 0 Å². The van der Waals surface area contributed by atoms with Crippen molar-refractivity contribution in [2.24, 2.45) is 0 Å². The van der Waals surface area contributed by atoms with Crippen molar-refractivity contribution in [2.75, 3.05) is 39.8 Å². The minimum atomic E-state index is -0.519. The summed E-state index contributed by atoms with van der Waals surface area (Å²) in [5, 5.41) is 3.21. The van der Waals surface area contributed by atoms with Crippen molar-refractivity contribution in [3.8, 4) is 5.75 Å². The van der Waals surface area contributed by atoms with Crippen molar-refractivity contribution in [3.05, 3.63) is 29.6 Å².